The third kappa shape index (κ3) is 7.38. The molecule has 0 radical (unpaired) electrons. The van der Waals surface area contributed by atoms with Crippen LogP contribution < -0.4 is 15.4 Å². The molecule has 0 bridgehead atoms. The number of hydrogen-bond acceptors (Lipinski definition) is 4. The number of pyridine rings is 1. The molecule has 0 saturated carbocycles. The van der Waals surface area contributed by atoms with Crippen molar-refractivity contribution >= 4 is 17.6 Å². The van der Waals surface area contributed by atoms with E-state index in [0.29, 0.717) is 11.4 Å². The van der Waals surface area contributed by atoms with Crippen LogP contribution in [0.1, 0.15) is 49.2 Å². The van der Waals surface area contributed by atoms with Gasteiger partial charge in [0.2, 0.25) is 5.91 Å². The zero-order valence-electron chi connectivity index (χ0n) is 16.9. The van der Waals surface area contributed by atoms with Gasteiger partial charge in [-0.3, -0.25) is 9.59 Å². The fourth-order valence-electron chi connectivity index (χ4n) is 2.41. The lowest BCUT2D eigenvalue weighted by atomic mass is 10.1. The van der Waals surface area contributed by atoms with Gasteiger partial charge in [0.15, 0.2) is 0 Å². The average Bonchev–Trinajstić information content (AvgIpc) is 2.67. The Kier molecular flexibility index (Phi) is 7.79. The normalized spacial score (nSPS) is 12.4. The van der Waals surface area contributed by atoms with Gasteiger partial charge < -0.3 is 15.4 Å². The molecule has 1 aromatic carbocycles. The second kappa shape index (κ2) is 10.1. The van der Waals surface area contributed by atoms with E-state index in [-0.39, 0.29) is 29.5 Å². The van der Waals surface area contributed by atoms with Gasteiger partial charge in [0.25, 0.3) is 5.91 Å². The Hall–Kier alpha value is -3.10. The number of carbonyl (C=O) groups excluding carboxylic acids is 2. The predicted octanol–water partition coefficient (Wildman–Crippen LogP) is 4.50. The van der Waals surface area contributed by atoms with Gasteiger partial charge in [-0.1, -0.05) is 13.8 Å². The molecule has 2 rings (SSSR count). The van der Waals surface area contributed by atoms with Crippen LogP contribution in [0.4, 0.5) is 19.0 Å². The number of nitrogens with one attached hydrogen (secondary N) is 2. The van der Waals surface area contributed by atoms with Crippen molar-refractivity contribution < 1.29 is 27.5 Å². The first-order chi connectivity index (χ1) is 14.0. The Morgan fingerprint density at radius 2 is 1.77 bits per heavy atom. The third-order valence-corrected chi connectivity index (χ3v) is 4.18. The van der Waals surface area contributed by atoms with Crippen LogP contribution in [0, 0.1) is 5.92 Å². The highest BCUT2D eigenvalue weighted by Gasteiger charge is 2.26. The lowest BCUT2D eigenvalue weighted by Gasteiger charge is -2.16. The minimum atomic E-state index is -4.28. The average molecular weight is 423 g/mol. The summed E-state index contributed by atoms with van der Waals surface area (Å²) >= 11 is 0. The Bertz CT molecular complexity index is 868. The number of alkyl halides is 3. The smallest absolute Gasteiger partial charge is 0.392 e. The first-order valence-electron chi connectivity index (χ1n) is 9.42. The van der Waals surface area contributed by atoms with E-state index in [1.165, 1.54) is 24.3 Å². The molecule has 0 aliphatic heterocycles. The molecule has 2 aromatic rings. The molecule has 1 unspecified atom stereocenters. The van der Waals surface area contributed by atoms with Crippen molar-refractivity contribution in [3.05, 3.63) is 53.7 Å². The molecule has 1 heterocycles. The summed E-state index contributed by atoms with van der Waals surface area (Å²) in [5, 5.41) is 5.54. The molecule has 1 atom stereocenters. The molecule has 0 aliphatic rings. The monoisotopic (exact) mass is 423 g/mol. The first kappa shape index (κ1) is 23.2. The summed E-state index contributed by atoms with van der Waals surface area (Å²) in [4.78, 5) is 28.4. The Morgan fingerprint density at radius 1 is 1.10 bits per heavy atom. The summed E-state index contributed by atoms with van der Waals surface area (Å²) < 4.78 is 41.5. The molecule has 0 saturated heterocycles. The number of benzene rings is 1. The zero-order valence-corrected chi connectivity index (χ0v) is 16.9. The van der Waals surface area contributed by atoms with Crippen LogP contribution in [-0.2, 0) is 4.79 Å². The molecule has 6 nitrogen and oxygen atoms in total. The van der Waals surface area contributed by atoms with Crippen molar-refractivity contribution in [2.75, 3.05) is 11.9 Å². The number of halogens is 3. The van der Waals surface area contributed by atoms with E-state index in [4.69, 9.17) is 4.74 Å². The first-order valence-corrected chi connectivity index (χ1v) is 9.42. The lowest BCUT2D eigenvalue weighted by Crippen LogP contribution is -2.27. The quantitative estimate of drug-likeness (QED) is 0.655. The number of ether oxygens (including phenoxy) is 1. The van der Waals surface area contributed by atoms with Gasteiger partial charge in [-0.05, 0) is 48.9 Å². The number of nitrogens with zero attached hydrogens (tertiary/aromatic N) is 1. The number of anilines is 1. The van der Waals surface area contributed by atoms with E-state index in [1.807, 2.05) is 0 Å². The molecule has 9 heteroatoms. The Balaban J connectivity index is 1.94. The van der Waals surface area contributed by atoms with E-state index >= 15 is 0 Å². The number of rotatable bonds is 8. The van der Waals surface area contributed by atoms with Gasteiger partial charge in [0.05, 0.1) is 19.1 Å². The molecule has 0 aliphatic carbocycles. The van der Waals surface area contributed by atoms with E-state index < -0.39 is 19.2 Å². The third-order valence-electron chi connectivity index (χ3n) is 4.18. The molecular weight excluding hydrogens is 399 g/mol. The standard InChI is InChI=1S/C21H24F3N3O3/c1-13(2)19(28)27-18-12-16(8-10-25-18)14(3)26-20(29)15-4-6-17(7-5-15)30-11-9-21(22,23)24/h4-8,10,12-14H,9,11H2,1-3H3,(H,26,29)(H,25,27,28). The summed E-state index contributed by atoms with van der Waals surface area (Å²) in [6, 6.07) is 8.90. The maximum atomic E-state index is 12.5. The number of aromatic nitrogens is 1. The molecule has 0 spiro atoms. The van der Waals surface area contributed by atoms with Crippen molar-refractivity contribution in [1.29, 1.82) is 0 Å². The summed E-state index contributed by atoms with van der Waals surface area (Å²) in [5.74, 6) is -0.0491. The van der Waals surface area contributed by atoms with Gasteiger partial charge in [-0.15, -0.1) is 0 Å². The molecule has 162 valence electrons. The van der Waals surface area contributed by atoms with Crippen LogP contribution in [0.3, 0.4) is 0 Å². The second-order valence-corrected chi connectivity index (χ2v) is 7.05. The number of carbonyl (C=O) groups is 2. The predicted molar refractivity (Wildman–Crippen MR) is 106 cm³/mol. The van der Waals surface area contributed by atoms with Crippen molar-refractivity contribution in [1.82, 2.24) is 10.3 Å². The molecular formula is C21H24F3N3O3. The summed E-state index contributed by atoms with van der Waals surface area (Å²) in [5.41, 5.74) is 1.09. The number of amides is 2. The Morgan fingerprint density at radius 3 is 2.37 bits per heavy atom. The molecule has 2 amide bonds. The van der Waals surface area contributed by atoms with Crippen LogP contribution in [0.2, 0.25) is 0 Å². The lowest BCUT2D eigenvalue weighted by molar-refractivity contribution is -0.139. The van der Waals surface area contributed by atoms with E-state index in [0.717, 1.165) is 5.56 Å². The fraction of sp³-hybridized carbons (Fsp3) is 0.381. The SMILES string of the molecule is CC(C)C(=O)Nc1cc(C(C)NC(=O)c2ccc(OCCC(F)(F)F)cc2)ccn1. The molecule has 0 fully saturated rings. The maximum Gasteiger partial charge on any atom is 0.392 e. The van der Waals surface area contributed by atoms with Gasteiger partial charge in [0.1, 0.15) is 11.6 Å². The maximum absolute atomic E-state index is 12.5. The highest BCUT2D eigenvalue weighted by molar-refractivity contribution is 5.94. The minimum absolute atomic E-state index is 0.158. The van der Waals surface area contributed by atoms with Crippen molar-refractivity contribution in [3.63, 3.8) is 0 Å². The second-order valence-electron chi connectivity index (χ2n) is 7.05. The molecule has 2 N–H and O–H groups in total. The van der Waals surface area contributed by atoms with Crippen molar-refractivity contribution in [2.24, 2.45) is 5.92 Å². The Labute approximate surface area is 172 Å². The van der Waals surface area contributed by atoms with Crippen LogP contribution in [0.5, 0.6) is 5.75 Å². The van der Waals surface area contributed by atoms with Crippen LogP contribution >= 0.6 is 0 Å². The van der Waals surface area contributed by atoms with Crippen LogP contribution in [-0.4, -0.2) is 29.6 Å². The van der Waals surface area contributed by atoms with Gasteiger partial charge in [0, 0.05) is 17.7 Å². The van der Waals surface area contributed by atoms with Gasteiger partial charge in [-0.25, -0.2) is 4.98 Å². The number of hydrogen-bond donors (Lipinski definition) is 2. The zero-order chi connectivity index (χ0) is 22.3. The van der Waals surface area contributed by atoms with Crippen LogP contribution in [0.25, 0.3) is 0 Å². The van der Waals surface area contributed by atoms with Crippen LogP contribution in [0.15, 0.2) is 42.6 Å². The van der Waals surface area contributed by atoms with Crippen molar-refractivity contribution in [3.8, 4) is 5.75 Å². The van der Waals surface area contributed by atoms with Gasteiger partial charge >= 0.3 is 6.18 Å². The van der Waals surface area contributed by atoms with E-state index in [9.17, 15) is 22.8 Å². The summed E-state index contributed by atoms with van der Waals surface area (Å²) in [6.07, 6.45) is -3.78. The van der Waals surface area contributed by atoms with E-state index in [1.54, 1.807) is 39.1 Å². The summed E-state index contributed by atoms with van der Waals surface area (Å²) in [7, 11) is 0. The molecule has 30 heavy (non-hydrogen) atoms. The minimum Gasteiger partial charge on any atom is -0.493 e. The summed E-state index contributed by atoms with van der Waals surface area (Å²) in [6.45, 7) is 4.85. The highest BCUT2D eigenvalue weighted by atomic mass is 19.4. The highest BCUT2D eigenvalue weighted by Crippen LogP contribution is 2.21. The fourth-order valence-corrected chi connectivity index (χ4v) is 2.41. The topological polar surface area (TPSA) is 80.3 Å². The van der Waals surface area contributed by atoms with Gasteiger partial charge in [-0.2, -0.15) is 13.2 Å². The molecule has 1 aromatic heterocycles. The largest absolute Gasteiger partial charge is 0.493 e. The van der Waals surface area contributed by atoms with Crippen molar-refractivity contribution in [2.45, 2.75) is 39.4 Å². The van der Waals surface area contributed by atoms with E-state index in [2.05, 4.69) is 15.6 Å².